The molecule has 0 aromatic rings. The van der Waals surface area contributed by atoms with Crippen molar-refractivity contribution in [1.29, 1.82) is 0 Å². The zero-order valence-electron chi connectivity index (χ0n) is 7.22. The molecule has 0 rings (SSSR count). The summed E-state index contributed by atoms with van der Waals surface area (Å²) in [6.07, 6.45) is 5.45. The Bertz CT molecular complexity index is 251. The zero-order chi connectivity index (χ0) is 10.3. The standard InChI is InChI=1S/C8H13O4P/c1-3-5-7-8(6-4-2)12-13(9,10)11/h3-4,7H,1-2,5-6H2,(H2,9,10,11). The van der Waals surface area contributed by atoms with Crippen LogP contribution in [-0.2, 0) is 9.09 Å². The van der Waals surface area contributed by atoms with Gasteiger partial charge in [0.1, 0.15) is 5.76 Å². The second-order valence-corrected chi connectivity index (χ2v) is 3.43. The minimum Gasteiger partial charge on any atom is -0.409 e. The molecule has 0 amide bonds. The average Bonchev–Trinajstić information content (AvgIpc) is 1.98. The third-order valence-corrected chi connectivity index (χ3v) is 1.57. The number of phosphoric acid groups is 1. The number of phosphoric ester groups is 1. The number of hydrogen-bond donors (Lipinski definition) is 2. The van der Waals surface area contributed by atoms with Crippen molar-refractivity contribution >= 4 is 7.82 Å². The fourth-order valence-corrected chi connectivity index (χ4v) is 1.12. The molecule has 0 aromatic heterocycles. The van der Waals surface area contributed by atoms with Gasteiger partial charge in [-0.3, -0.25) is 9.79 Å². The zero-order valence-corrected chi connectivity index (χ0v) is 8.11. The van der Waals surface area contributed by atoms with E-state index < -0.39 is 7.82 Å². The Balaban J connectivity index is 4.33. The van der Waals surface area contributed by atoms with E-state index in [4.69, 9.17) is 9.79 Å². The Kier molecular flexibility index (Phi) is 5.39. The maximum Gasteiger partial charge on any atom is 0.524 e. The van der Waals surface area contributed by atoms with Crippen molar-refractivity contribution in [2.75, 3.05) is 0 Å². The summed E-state index contributed by atoms with van der Waals surface area (Å²) in [6.45, 7) is 6.91. The fraction of sp³-hybridized carbons (Fsp3) is 0.250. The van der Waals surface area contributed by atoms with E-state index in [9.17, 15) is 4.57 Å². The molecule has 0 bridgehead atoms. The van der Waals surface area contributed by atoms with Gasteiger partial charge in [0.15, 0.2) is 0 Å². The lowest BCUT2D eigenvalue weighted by Crippen LogP contribution is -1.89. The Morgan fingerprint density at radius 3 is 2.38 bits per heavy atom. The molecule has 0 saturated carbocycles. The molecule has 0 aliphatic carbocycles. The molecule has 0 atom stereocenters. The van der Waals surface area contributed by atoms with Crippen LogP contribution in [0.1, 0.15) is 12.8 Å². The lowest BCUT2D eigenvalue weighted by molar-refractivity contribution is 0.239. The Labute approximate surface area is 77.5 Å². The first-order valence-corrected chi connectivity index (χ1v) is 5.18. The van der Waals surface area contributed by atoms with Crippen LogP contribution in [0.4, 0.5) is 0 Å². The first-order valence-electron chi connectivity index (χ1n) is 3.65. The molecule has 4 nitrogen and oxygen atoms in total. The highest BCUT2D eigenvalue weighted by Crippen LogP contribution is 2.39. The molecule has 0 saturated heterocycles. The van der Waals surface area contributed by atoms with Gasteiger partial charge in [0.2, 0.25) is 0 Å². The summed E-state index contributed by atoms with van der Waals surface area (Å²) in [5.74, 6) is 0.211. The molecular formula is C8H13O4P. The number of hydrogen-bond acceptors (Lipinski definition) is 2. The average molecular weight is 204 g/mol. The van der Waals surface area contributed by atoms with Crippen LogP contribution in [0.25, 0.3) is 0 Å². The smallest absolute Gasteiger partial charge is 0.409 e. The van der Waals surface area contributed by atoms with Gasteiger partial charge in [0.05, 0.1) is 0 Å². The monoisotopic (exact) mass is 204 g/mol. The molecule has 74 valence electrons. The highest BCUT2D eigenvalue weighted by molar-refractivity contribution is 7.46. The van der Waals surface area contributed by atoms with Gasteiger partial charge in [0, 0.05) is 6.42 Å². The third kappa shape index (κ3) is 7.53. The molecule has 5 heteroatoms. The van der Waals surface area contributed by atoms with Crippen molar-refractivity contribution in [3.8, 4) is 0 Å². The van der Waals surface area contributed by atoms with Gasteiger partial charge in [-0.1, -0.05) is 12.2 Å². The van der Waals surface area contributed by atoms with E-state index >= 15 is 0 Å². The molecule has 0 aliphatic heterocycles. The van der Waals surface area contributed by atoms with E-state index in [1.54, 1.807) is 12.2 Å². The van der Waals surface area contributed by atoms with Crippen LogP contribution in [-0.4, -0.2) is 9.79 Å². The molecule has 0 aliphatic rings. The van der Waals surface area contributed by atoms with E-state index in [1.807, 2.05) is 0 Å². The van der Waals surface area contributed by atoms with Crippen LogP contribution in [0, 0.1) is 0 Å². The second-order valence-electron chi connectivity index (χ2n) is 2.27. The van der Waals surface area contributed by atoms with Gasteiger partial charge in [0.25, 0.3) is 0 Å². The minimum atomic E-state index is -4.44. The van der Waals surface area contributed by atoms with Crippen molar-refractivity contribution in [1.82, 2.24) is 0 Å². The first kappa shape index (κ1) is 12.2. The van der Waals surface area contributed by atoms with Crippen LogP contribution in [0.3, 0.4) is 0 Å². The van der Waals surface area contributed by atoms with Crippen LogP contribution in [0.5, 0.6) is 0 Å². The second kappa shape index (κ2) is 5.75. The van der Waals surface area contributed by atoms with Gasteiger partial charge < -0.3 is 4.52 Å². The fourth-order valence-electron chi connectivity index (χ4n) is 0.668. The Hall–Kier alpha value is -0.830. The summed E-state index contributed by atoms with van der Waals surface area (Å²) in [4.78, 5) is 17.0. The van der Waals surface area contributed by atoms with Crippen LogP contribution < -0.4 is 0 Å². The maximum atomic E-state index is 10.5. The Morgan fingerprint density at radius 2 is 2.00 bits per heavy atom. The maximum absolute atomic E-state index is 10.5. The molecular weight excluding hydrogens is 191 g/mol. The first-order chi connectivity index (χ1) is 5.99. The van der Waals surface area contributed by atoms with Crippen LogP contribution >= 0.6 is 7.82 Å². The largest absolute Gasteiger partial charge is 0.524 e. The van der Waals surface area contributed by atoms with Crippen molar-refractivity contribution in [3.63, 3.8) is 0 Å². The van der Waals surface area contributed by atoms with Gasteiger partial charge in [-0.2, -0.15) is 0 Å². The molecule has 0 radical (unpaired) electrons. The molecule has 0 spiro atoms. The van der Waals surface area contributed by atoms with E-state index in [0.717, 1.165) is 0 Å². The highest BCUT2D eigenvalue weighted by Gasteiger charge is 2.16. The summed E-state index contributed by atoms with van der Waals surface area (Å²) in [5, 5.41) is 0. The van der Waals surface area contributed by atoms with Crippen molar-refractivity contribution in [3.05, 3.63) is 37.1 Å². The summed E-state index contributed by atoms with van der Waals surface area (Å²) >= 11 is 0. The minimum absolute atomic E-state index is 0.211. The summed E-state index contributed by atoms with van der Waals surface area (Å²) in [6, 6.07) is 0. The molecule has 0 unspecified atom stereocenters. The third-order valence-electron chi connectivity index (χ3n) is 1.09. The SMILES string of the molecule is C=CCC=C(CC=C)OP(=O)(O)O. The normalized spacial score (nSPS) is 12.3. The quantitative estimate of drug-likeness (QED) is 0.395. The summed E-state index contributed by atoms with van der Waals surface area (Å²) in [5.41, 5.74) is 0. The highest BCUT2D eigenvalue weighted by atomic mass is 31.2. The predicted molar refractivity (Wildman–Crippen MR) is 50.8 cm³/mol. The summed E-state index contributed by atoms with van der Waals surface area (Å²) in [7, 11) is -4.44. The van der Waals surface area contributed by atoms with Gasteiger partial charge in [-0.15, -0.1) is 13.2 Å². The molecule has 2 N–H and O–H groups in total. The van der Waals surface area contributed by atoms with Gasteiger partial charge >= 0.3 is 7.82 Å². The topological polar surface area (TPSA) is 66.8 Å². The van der Waals surface area contributed by atoms with Crippen molar-refractivity contribution in [2.45, 2.75) is 12.8 Å². The Morgan fingerprint density at radius 1 is 1.38 bits per heavy atom. The van der Waals surface area contributed by atoms with Crippen LogP contribution in [0.15, 0.2) is 37.1 Å². The van der Waals surface area contributed by atoms with Crippen molar-refractivity contribution < 1.29 is 18.9 Å². The molecule has 0 aromatic carbocycles. The van der Waals surface area contributed by atoms with Gasteiger partial charge in [-0.25, -0.2) is 4.57 Å². The summed E-state index contributed by atoms with van der Waals surface area (Å²) < 4.78 is 14.8. The van der Waals surface area contributed by atoms with Crippen molar-refractivity contribution in [2.24, 2.45) is 0 Å². The van der Waals surface area contributed by atoms with Gasteiger partial charge in [-0.05, 0) is 12.5 Å². The number of allylic oxidation sites excluding steroid dienone is 3. The van der Waals surface area contributed by atoms with E-state index in [-0.39, 0.29) is 5.76 Å². The number of rotatable bonds is 6. The lowest BCUT2D eigenvalue weighted by atomic mass is 10.3. The lowest BCUT2D eigenvalue weighted by Gasteiger charge is -2.08. The molecule has 0 fully saturated rings. The molecule has 13 heavy (non-hydrogen) atoms. The van der Waals surface area contributed by atoms with E-state index in [1.165, 1.54) is 6.08 Å². The van der Waals surface area contributed by atoms with Crippen LogP contribution in [0.2, 0.25) is 0 Å². The molecule has 0 heterocycles. The van der Waals surface area contributed by atoms with E-state index in [2.05, 4.69) is 17.7 Å². The van der Waals surface area contributed by atoms with E-state index in [0.29, 0.717) is 12.8 Å². The predicted octanol–water partition coefficient (Wildman–Crippen LogP) is 2.13.